The van der Waals surface area contributed by atoms with Crippen molar-refractivity contribution in [1.82, 2.24) is 9.62 Å². The molecule has 2 aromatic rings. The third-order valence-corrected chi connectivity index (χ3v) is 7.82. The molecule has 0 bridgehead atoms. The van der Waals surface area contributed by atoms with Gasteiger partial charge in [-0.05, 0) is 80.6 Å². The van der Waals surface area contributed by atoms with Crippen LogP contribution in [0.2, 0.25) is 0 Å². The Morgan fingerprint density at radius 1 is 1.00 bits per heavy atom. The number of anilines is 1. The molecule has 2 aliphatic rings. The number of likely N-dealkylation sites (N-methyl/N-ethyl adjacent to an activating group) is 1. The Morgan fingerprint density at radius 2 is 1.76 bits per heavy atom. The van der Waals surface area contributed by atoms with Crippen LogP contribution in [-0.4, -0.2) is 52.6 Å². The molecule has 1 aliphatic heterocycles. The lowest BCUT2D eigenvalue weighted by atomic mass is 9.84. The Balaban J connectivity index is 1.58. The van der Waals surface area contributed by atoms with Crippen molar-refractivity contribution in [3.63, 3.8) is 0 Å². The van der Waals surface area contributed by atoms with Gasteiger partial charge in [0, 0.05) is 37.9 Å². The minimum atomic E-state index is -3.51. The summed E-state index contributed by atoms with van der Waals surface area (Å²) in [6.07, 6.45) is 2.51. The van der Waals surface area contributed by atoms with Crippen LogP contribution in [0.4, 0.5) is 5.69 Å². The zero-order chi connectivity index (χ0) is 20.6. The highest BCUT2D eigenvalue weighted by Gasteiger charge is 2.28. The number of nitrogens with zero attached hydrogens (tertiary/aromatic N) is 2. The maximum absolute atomic E-state index is 12.9. The SMILES string of the molecule is Cc1cccc(S(=O)(=O)N[C@@H]2CCc3c(C)ccc(N4CCN(C)CC4)c3C2)c1. The lowest BCUT2D eigenvalue weighted by Gasteiger charge is -2.37. The number of rotatable bonds is 4. The first-order chi connectivity index (χ1) is 13.8. The number of piperazine rings is 1. The molecule has 4 rings (SSSR count). The van der Waals surface area contributed by atoms with Gasteiger partial charge in [-0.2, -0.15) is 0 Å². The molecule has 0 saturated carbocycles. The molecule has 1 aliphatic carbocycles. The minimum absolute atomic E-state index is 0.0685. The number of hydrogen-bond donors (Lipinski definition) is 1. The summed E-state index contributed by atoms with van der Waals surface area (Å²) in [7, 11) is -1.35. The fourth-order valence-corrected chi connectivity index (χ4v) is 5.93. The number of fused-ring (bicyclic) bond motifs is 1. The van der Waals surface area contributed by atoms with Gasteiger partial charge in [-0.1, -0.05) is 18.2 Å². The maximum atomic E-state index is 12.9. The Morgan fingerprint density at radius 3 is 2.48 bits per heavy atom. The minimum Gasteiger partial charge on any atom is -0.369 e. The van der Waals surface area contributed by atoms with Gasteiger partial charge < -0.3 is 9.80 Å². The summed E-state index contributed by atoms with van der Waals surface area (Å²) < 4.78 is 28.8. The van der Waals surface area contributed by atoms with Gasteiger partial charge in [0.15, 0.2) is 0 Å². The van der Waals surface area contributed by atoms with Crippen molar-refractivity contribution in [1.29, 1.82) is 0 Å². The molecule has 0 spiro atoms. The molecule has 0 unspecified atom stereocenters. The molecular weight excluding hydrogens is 382 g/mol. The van der Waals surface area contributed by atoms with Crippen LogP contribution in [0.25, 0.3) is 0 Å². The van der Waals surface area contributed by atoms with Crippen molar-refractivity contribution in [3.8, 4) is 0 Å². The molecule has 1 fully saturated rings. The Kier molecular flexibility index (Phi) is 5.69. The molecule has 0 amide bonds. The van der Waals surface area contributed by atoms with E-state index in [1.165, 1.54) is 22.4 Å². The second-order valence-corrected chi connectivity index (χ2v) is 10.2. The Labute approximate surface area is 174 Å². The van der Waals surface area contributed by atoms with Gasteiger partial charge in [0.25, 0.3) is 0 Å². The van der Waals surface area contributed by atoms with E-state index in [0.29, 0.717) is 4.90 Å². The first-order valence-electron chi connectivity index (χ1n) is 10.5. The smallest absolute Gasteiger partial charge is 0.240 e. The van der Waals surface area contributed by atoms with E-state index in [4.69, 9.17) is 0 Å². The summed E-state index contributed by atoms with van der Waals surface area (Å²) in [5, 5.41) is 0. The summed E-state index contributed by atoms with van der Waals surface area (Å²) in [5.74, 6) is 0. The summed E-state index contributed by atoms with van der Waals surface area (Å²) in [4.78, 5) is 5.18. The number of sulfonamides is 1. The van der Waals surface area contributed by atoms with Gasteiger partial charge in [0.05, 0.1) is 4.90 Å². The van der Waals surface area contributed by atoms with Gasteiger partial charge in [-0.3, -0.25) is 0 Å². The van der Waals surface area contributed by atoms with Crippen molar-refractivity contribution in [3.05, 3.63) is 58.7 Å². The van der Waals surface area contributed by atoms with E-state index in [9.17, 15) is 8.42 Å². The van der Waals surface area contributed by atoms with Crippen LogP contribution in [0.5, 0.6) is 0 Å². The van der Waals surface area contributed by atoms with E-state index < -0.39 is 10.0 Å². The van der Waals surface area contributed by atoms with Crippen molar-refractivity contribution in [2.75, 3.05) is 38.1 Å². The third kappa shape index (κ3) is 4.34. The molecule has 29 heavy (non-hydrogen) atoms. The molecule has 6 heteroatoms. The molecule has 1 heterocycles. The summed E-state index contributed by atoms with van der Waals surface area (Å²) in [6.45, 7) is 8.25. The maximum Gasteiger partial charge on any atom is 0.240 e. The fraction of sp³-hybridized carbons (Fsp3) is 0.478. The molecule has 0 aromatic heterocycles. The van der Waals surface area contributed by atoms with E-state index in [-0.39, 0.29) is 6.04 Å². The summed E-state index contributed by atoms with van der Waals surface area (Å²) >= 11 is 0. The van der Waals surface area contributed by atoms with Gasteiger partial charge >= 0.3 is 0 Å². The van der Waals surface area contributed by atoms with E-state index in [2.05, 4.69) is 40.6 Å². The monoisotopic (exact) mass is 413 g/mol. The molecular formula is C23H31N3O2S. The van der Waals surface area contributed by atoms with E-state index in [1.807, 2.05) is 13.0 Å². The highest BCUT2D eigenvalue weighted by Crippen LogP contribution is 2.34. The van der Waals surface area contributed by atoms with Crippen LogP contribution in [0.3, 0.4) is 0 Å². The predicted molar refractivity (Wildman–Crippen MR) is 118 cm³/mol. The quantitative estimate of drug-likeness (QED) is 0.837. The lowest BCUT2D eigenvalue weighted by molar-refractivity contribution is 0.312. The van der Waals surface area contributed by atoms with Crippen molar-refractivity contribution < 1.29 is 8.42 Å². The van der Waals surface area contributed by atoms with Crippen molar-refractivity contribution in [2.24, 2.45) is 0 Å². The Bertz CT molecular complexity index is 995. The standard InChI is InChI=1S/C23H31N3O2S/c1-17-5-4-6-20(15-17)29(27,28)24-19-8-9-21-18(2)7-10-23(22(21)16-19)26-13-11-25(3)12-14-26/h4-7,10,15,19,24H,8-9,11-14,16H2,1-3H3/t19-/m1/s1. The first kappa shape index (κ1) is 20.4. The number of benzene rings is 2. The van der Waals surface area contributed by atoms with Crippen LogP contribution < -0.4 is 9.62 Å². The van der Waals surface area contributed by atoms with E-state index in [0.717, 1.165) is 51.0 Å². The zero-order valence-electron chi connectivity index (χ0n) is 17.6. The predicted octanol–water partition coefficient (Wildman–Crippen LogP) is 2.89. The second kappa shape index (κ2) is 8.09. The van der Waals surface area contributed by atoms with E-state index >= 15 is 0 Å². The van der Waals surface area contributed by atoms with E-state index in [1.54, 1.807) is 18.2 Å². The molecule has 1 N–H and O–H groups in total. The summed E-state index contributed by atoms with van der Waals surface area (Å²) in [5.41, 5.74) is 6.30. The summed E-state index contributed by atoms with van der Waals surface area (Å²) in [6, 6.07) is 11.5. The molecule has 1 saturated heterocycles. The van der Waals surface area contributed by atoms with Crippen LogP contribution in [0, 0.1) is 13.8 Å². The van der Waals surface area contributed by atoms with Crippen molar-refractivity contribution in [2.45, 2.75) is 44.0 Å². The zero-order valence-corrected chi connectivity index (χ0v) is 18.4. The van der Waals surface area contributed by atoms with Crippen LogP contribution in [0.15, 0.2) is 41.3 Å². The average Bonchev–Trinajstić information content (AvgIpc) is 2.69. The van der Waals surface area contributed by atoms with Gasteiger partial charge in [-0.15, -0.1) is 0 Å². The first-order valence-corrected chi connectivity index (χ1v) is 12.0. The Hall–Kier alpha value is -1.89. The van der Waals surface area contributed by atoms with Crippen LogP contribution >= 0.6 is 0 Å². The average molecular weight is 414 g/mol. The molecule has 156 valence electrons. The second-order valence-electron chi connectivity index (χ2n) is 8.53. The third-order valence-electron chi connectivity index (χ3n) is 6.30. The highest BCUT2D eigenvalue weighted by molar-refractivity contribution is 7.89. The molecule has 0 radical (unpaired) electrons. The molecule has 2 aromatic carbocycles. The highest BCUT2D eigenvalue weighted by atomic mass is 32.2. The number of hydrogen-bond acceptors (Lipinski definition) is 4. The van der Waals surface area contributed by atoms with Crippen LogP contribution in [-0.2, 0) is 22.9 Å². The largest absolute Gasteiger partial charge is 0.369 e. The van der Waals surface area contributed by atoms with Gasteiger partial charge in [-0.25, -0.2) is 13.1 Å². The normalized spacial score (nSPS) is 20.5. The molecule has 5 nitrogen and oxygen atoms in total. The van der Waals surface area contributed by atoms with Gasteiger partial charge in [0.2, 0.25) is 10.0 Å². The number of nitrogens with one attached hydrogen (secondary N) is 1. The lowest BCUT2D eigenvalue weighted by Crippen LogP contribution is -2.45. The fourth-order valence-electron chi connectivity index (χ4n) is 4.55. The van der Waals surface area contributed by atoms with Gasteiger partial charge in [0.1, 0.15) is 0 Å². The molecule has 1 atom stereocenters. The van der Waals surface area contributed by atoms with Crippen molar-refractivity contribution >= 4 is 15.7 Å². The topological polar surface area (TPSA) is 52.7 Å². The van der Waals surface area contributed by atoms with Crippen LogP contribution in [0.1, 0.15) is 28.7 Å². The number of aryl methyl sites for hydroxylation is 2.